The summed E-state index contributed by atoms with van der Waals surface area (Å²) < 4.78 is 26.5. The smallest absolute Gasteiger partial charge is 0.271 e. The van der Waals surface area contributed by atoms with Crippen molar-refractivity contribution in [3.63, 3.8) is 0 Å². The van der Waals surface area contributed by atoms with Crippen molar-refractivity contribution in [3.05, 3.63) is 63.7 Å². The van der Waals surface area contributed by atoms with E-state index in [0.29, 0.717) is 24.3 Å². The Morgan fingerprint density at radius 1 is 1.11 bits per heavy atom. The molecule has 0 aromatic heterocycles. The molecule has 0 radical (unpaired) electrons. The summed E-state index contributed by atoms with van der Waals surface area (Å²) in [6.45, 7) is 2.75. The summed E-state index contributed by atoms with van der Waals surface area (Å²) in [7, 11) is -3.54. The third-order valence-corrected chi connectivity index (χ3v) is 6.41. The second-order valence-corrected chi connectivity index (χ2v) is 8.28. The minimum atomic E-state index is -3.54. The van der Waals surface area contributed by atoms with E-state index in [1.54, 1.807) is 13.0 Å². The Hall–Kier alpha value is -2.78. The molecular formula is C18H19N3O5S. The van der Waals surface area contributed by atoms with E-state index in [1.165, 1.54) is 40.7 Å². The Balaban J connectivity index is 1.78. The summed E-state index contributed by atoms with van der Waals surface area (Å²) >= 11 is 0. The Kier molecular flexibility index (Phi) is 5.24. The lowest BCUT2D eigenvalue weighted by Gasteiger charge is -2.15. The quantitative estimate of drug-likeness (QED) is 0.624. The number of carbonyl (C=O) groups excluding carboxylic acids is 1. The van der Waals surface area contributed by atoms with Crippen molar-refractivity contribution >= 4 is 27.3 Å². The van der Waals surface area contributed by atoms with Gasteiger partial charge in [0.1, 0.15) is 0 Å². The van der Waals surface area contributed by atoms with Crippen LogP contribution in [-0.2, 0) is 10.0 Å². The summed E-state index contributed by atoms with van der Waals surface area (Å²) in [5, 5.41) is 13.5. The average Bonchev–Trinajstić information content (AvgIpc) is 3.19. The number of anilines is 1. The normalized spacial score (nSPS) is 14.9. The first kappa shape index (κ1) is 19.0. The number of aryl methyl sites for hydroxylation is 1. The first-order valence-electron chi connectivity index (χ1n) is 8.45. The van der Waals surface area contributed by atoms with E-state index >= 15 is 0 Å². The predicted molar refractivity (Wildman–Crippen MR) is 100 cm³/mol. The van der Waals surface area contributed by atoms with Gasteiger partial charge in [-0.2, -0.15) is 4.31 Å². The van der Waals surface area contributed by atoms with Crippen molar-refractivity contribution in [2.45, 2.75) is 24.7 Å². The van der Waals surface area contributed by atoms with Crippen LogP contribution in [0.4, 0.5) is 11.4 Å². The molecule has 0 saturated carbocycles. The summed E-state index contributed by atoms with van der Waals surface area (Å²) in [4.78, 5) is 22.9. The molecule has 0 aliphatic carbocycles. The number of nitro groups is 1. The zero-order valence-corrected chi connectivity index (χ0v) is 15.5. The number of amides is 1. The summed E-state index contributed by atoms with van der Waals surface area (Å²) in [5.41, 5.74) is 1.16. The fourth-order valence-corrected chi connectivity index (χ4v) is 4.43. The van der Waals surface area contributed by atoms with Crippen LogP contribution in [0.15, 0.2) is 47.4 Å². The SMILES string of the molecule is Cc1ccc([N+](=O)[O-])cc1NC(=O)c1ccc(S(=O)(=O)N2CCCC2)cc1. The molecule has 8 nitrogen and oxygen atoms in total. The number of non-ortho nitro benzene ring substituents is 1. The van der Waals surface area contributed by atoms with Gasteiger partial charge in [0.2, 0.25) is 10.0 Å². The second-order valence-electron chi connectivity index (χ2n) is 6.35. The van der Waals surface area contributed by atoms with Crippen LogP contribution in [-0.4, -0.2) is 36.6 Å². The molecule has 1 fully saturated rings. The highest BCUT2D eigenvalue weighted by atomic mass is 32.2. The second kappa shape index (κ2) is 7.45. The molecule has 9 heteroatoms. The lowest BCUT2D eigenvalue weighted by atomic mass is 10.1. The van der Waals surface area contributed by atoms with E-state index in [9.17, 15) is 23.3 Å². The molecule has 0 atom stereocenters. The van der Waals surface area contributed by atoms with E-state index in [1.807, 2.05) is 0 Å². The molecule has 3 rings (SSSR count). The van der Waals surface area contributed by atoms with Crippen molar-refractivity contribution in [1.82, 2.24) is 4.31 Å². The lowest BCUT2D eigenvalue weighted by Crippen LogP contribution is -2.27. The van der Waals surface area contributed by atoms with Crippen LogP contribution >= 0.6 is 0 Å². The molecule has 1 saturated heterocycles. The number of nitrogens with zero attached hydrogens (tertiary/aromatic N) is 2. The van der Waals surface area contributed by atoms with Gasteiger partial charge in [-0.1, -0.05) is 6.07 Å². The Labute approximate surface area is 157 Å². The number of nitrogens with one attached hydrogen (secondary N) is 1. The average molecular weight is 389 g/mol. The van der Waals surface area contributed by atoms with Gasteiger partial charge in [-0.25, -0.2) is 8.42 Å². The summed E-state index contributed by atoms with van der Waals surface area (Å²) in [6.07, 6.45) is 1.70. The molecule has 0 spiro atoms. The van der Waals surface area contributed by atoms with Crippen molar-refractivity contribution in [3.8, 4) is 0 Å². The number of rotatable bonds is 5. The monoisotopic (exact) mass is 389 g/mol. The number of nitro benzene ring substituents is 1. The van der Waals surface area contributed by atoms with Crippen molar-refractivity contribution in [2.24, 2.45) is 0 Å². The van der Waals surface area contributed by atoms with Crippen LogP contribution in [0.1, 0.15) is 28.8 Å². The van der Waals surface area contributed by atoms with Crippen molar-refractivity contribution < 1.29 is 18.1 Å². The standard InChI is InChI=1S/C18H19N3O5S/c1-13-4-7-15(21(23)24)12-17(13)19-18(22)14-5-8-16(9-6-14)27(25,26)20-10-2-3-11-20/h4-9,12H,2-3,10-11H2,1H3,(H,19,22). The number of sulfonamides is 1. The van der Waals surface area contributed by atoms with E-state index < -0.39 is 20.9 Å². The van der Waals surface area contributed by atoms with E-state index in [-0.39, 0.29) is 16.1 Å². The number of carbonyl (C=O) groups is 1. The predicted octanol–water partition coefficient (Wildman–Crippen LogP) is 2.94. The van der Waals surface area contributed by atoms with Gasteiger partial charge in [-0.15, -0.1) is 0 Å². The van der Waals surface area contributed by atoms with E-state index in [4.69, 9.17) is 0 Å². The lowest BCUT2D eigenvalue weighted by molar-refractivity contribution is -0.384. The van der Waals surface area contributed by atoms with Gasteiger partial charge in [0.05, 0.1) is 15.5 Å². The molecular weight excluding hydrogens is 370 g/mol. The maximum atomic E-state index is 12.5. The highest BCUT2D eigenvalue weighted by molar-refractivity contribution is 7.89. The van der Waals surface area contributed by atoms with Crippen LogP contribution in [0.2, 0.25) is 0 Å². The number of hydrogen-bond acceptors (Lipinski definition) is 5. The van der Waals surface area contributed by atoms with Crippen molar-refractivity contribution in [1.29, 1.82) is 0 Å². The van der Waals surface area contributed by atoms with Gasteiger partial charge < -0.3 is 5.32 Å². The molecule has 0 unspecified atom stereocenters. The zero-order valence-electron chi connectivity index (χ0n) is 14.7. The van der Waals surface area contributed by atoms with E-state index in [0.717, 1.165) is 12.8 Å². The molecule has 1 aliphatic heterocycles. The summed E-state index contributed by atoms with van der Waals surface area (Å²) in [6, 6.07) is 9.89. The largest absolute Gasteiger partial charge is 0.321 e. The van der Waals surface area contributed by atoms with Crippen molar-refractivity contribution in [2.75, 3.05) is 18.4 Å². The van der Waals surface area contributed by atoms with Gasteiger partial charge in [-0.3, -0.25) is 14.9 Å². The Morgan fingerprint density at radius 2 is 1.74 bits per heavy atom. The summed E-state index contributed by atoms with van der Waals surface area (Å²) in [5.74, 6) is -0.469. The molecule has 1 N–H and O–H groups in total. The number of benzene rings is 2. The van der Waals surface area contributed by atoms with Gasteiger partial charge in [0, 0.05) is 30.8 Å². The third kappa shape index (κ3) is 3.99. The Morgan fingerprint density at radius 3 is 2.33 bits per heavy atom. The molecule has 0 bridgehead atoms. The van der Waals surface area contributed by atoms with Crippen LogP contribution in [0.3, 0.4) is 0 Å². The molecule has 2 aromatic rings. The molecule has 1 amide bonds. The van der Waals surface area contributed by atoms with E-state index in [2.05, 4.69) is 5.32 Å². The Bertz CT molecular complexity index is 981. The fraction of sp³-hybridized carbons (Fsp3) is 0.278. The van der Waals surface area contributed by atoms with Crippen LogP contribution < -0.4 is 5.32 Å². The van der Waals surface area contributed by atoms with Crippen LogP contribution in [0, 0.1) is 17.0 Å². The minimum absolute atomic E-state index is 0.122. The van der Waals surface area contributed by atoms with Gasteiger partial charge in [0.25, 0.3) is 11.6 Å². The van der Waals surface area contributed by atoms with Crippen LogP contribution in [0.5, 0.6) is 0 Å². The maximum Gasteiger partial charge on any atom is 0.271 e. The molecule has 1 aliphatic rings. The highest BCUT2D eigenvalue weighted by Crippen LogP contribution is 2.24. The number of hydrogen-bond donors (Lipinski definition) is 1. The topological polar surface area (TPSA) is 110 Å². The first-order valence-corrected chi connectivity index (χ1v) is 9.89. The minimum Gasteiger partial charge on any atom is -0.321 e. The van der Waals surface area contributed by atoms with Gasteiger partial charge in [-0.05, 0) is 49.6 Å². The van der Waals surface area contributed by atoms with Crippen LogP contribution in [0.25, 0.3) is 0 Å². The fourth-order valence-electron chi connectivity index (χ4n) is 2.91. The van der Waals surface area contributed by atoms with Gasteiger partial charge in [0.15, 0.2) is 0 Å². The maximum absolute atomic E-state index is 12.5. The molecule has 2 aromatic carbocycles. The molecule has 1 heterocycles. The molecule has 27 heavy (non-hydrogen) atoms. The van der Waals surface area contributed by atoms with Gasteiger partial charge >= 0.3 is 0 Å². The molecule has 142 valence electrons. The first-order chi connectivity index (χ1) is 12.8. The highest BCUT2D eigenvalue weighted by Gasteiger charge is 2.27. The zero-order chi connectivity index (χ0) is 19.6. The third-order valence-electron chi connectivity index (χ3n) is 4.50.